The van der Waals surface area contributed by atoms with Crippen LogP contribution in [-0.2, 0) is 11.3 Å². The van der Waals surface area contributed by atoms with Gasteiger partial charge in [-0.1, -0.05) is 6.07 Å². The average molecular weight is 432 g/mol. The Bertz CT molecular complexity index is 969. The standard InChI is InChI=1S/C18H21N7O2S2/c1-24(2)17-21-14(22-18(23-17)25-5-7-27-8-6-25)10-19-15(26)16-20-12(11-29-16)13-4-3-9-28-13/h3-4,9,11H,5-8,10H2,1-2H3,(H,19,26). The van der Waals surface area contributed by atoms with E-state index in [1.807, 2.05) is 41.9 Å². The summed E-state index contributed by atoms with van der Waals surface area (Å²) in [6, 6.07) is 3.95. The maximum Gasteiger partial charge on any atom is 0.280 e. The minimum atomic E-state index is -0.238. The van der Waals surface area contributed by atoms with E-state index in [1.165, 1.54) is 11.3 Å². The van der Waals surface area contributed by atoms with Gasteiger partial charge in [0.1, 0.15) is 0 Å². The van der Waals surface area contributed by atoms with E-state index in [4.69, 9.17) is 4.74 Å². The van der Waals surface area contributed by atoms with E-state index in [9.17, 15) is 4.79 Å². The van der Waals surface area contributed by atoms with Gasteiger partial charge in [0.25, 0.3) is 5.91 Å². The van der Waals surface area contributed by atoms with Crippen LogP contribution in [-0.4, -0.2) is 66.2 Å². The summed E-state index contributed by atoms with van der Waals surface area (Å²) in [6.07, 6.45) is 0. The fraction of sp³-hybridized carbons (Fsp3) is 0.389. The highest BCUT2D eigenvalue weighted by molar-refractivity contribution is 7.15. The maximum absolute atomic E-state index is 12.5. The minimum Gasteiger partial charge on any atom is -0.378 e. The van der Waals surface area contributed by atoms with Crippen molar-refractivity contribution in [3.63, 3.8) is 0 Å². The summed E-state index contributed by atoms with van der Waals surface area (Å²) in [5, 5.41) is 7.17. The van der Waals surface area contributed by atoms with Gasteiger partial charge < -0.3 is 19.9 Å². The monoisotopic (exact) mass is 431 g/mol. The number of ether oxygens (including phenoxy) is 1. The van der Waals surface area contributed by atoms with E-state index < -0.39 is 0 Å². The van der Waals surface area contributed by atoms with Gasteiger partial charge in [-0.15, -0.1) is 22.7 Å². The number of aromatic nitrogens is 4. The third-order valence-electron chi connectivity index (χ3n) is 4.23. The number of thiazole rings is 1. The highest BCUT2D eigenvalue weighted by Crippen LogP contribution is 2.26. The Labute approximate surface area is 176 Å². The van der Waals surface area contributed by atoms with Crippen molar-refractivity contribution in [3.8, 4) is 10.6 Å². The summed E-state index contributed by atoms with van der Waals surface area (Å²) in [4.78, 5) is 35.4. The lowest BCUT2D eigenvalue weighted by Crippen LogP contribution is -2.38. The van der Waals surface area contributed by atoms with Crippen LogP contribution < -0.4 is 15.1 Å². The molecule has 0 bridgehead atoms. The SMILES string of the molecule is CN(C)c1nc(CNC(=O)c2nc(-c3cccs3)cs2)nc(N2CCOCC2)n1. The lowest BCUT2D eigenvalue weighted by molar-refractivity contribution is 0.0949. The van der Waals surface area contributed by atoms with Crippen LogP contribution in [0.3, 0.4) is 0 Å². The first-order valence-electron chi connectivity index (χ1n) is 9.13. The lowest BCUT2D eigenvalue weighted by atomic mass is 10.4. The second kappa shape index (κ2) is 8.80. The van der Waals surface area contributed by atoms with Gasteiger partial charge in [-0.25, -0.2) is 4.98 Å². The molecular weight excluding hydrogens is 410 g/mol. The van der Waals surface area contributed by atoms with Crippen LogP contribution >= 0.6 is 22.7 Å². The van der Waals surface area contributed by atoms with E-state index in [1.54, 1.807) is 11.3 Å². The van der Waals surface area contributed by atoms with Crippen LogP contribution in [0.2, 0.25) is 0 Å². The molecule has 1 fully saturated rings. The molecule has 1 saturated heterocycles. The van der Waals surface area contributed by atoms with E-state index in [0.717, 1.165) is 23.7 Å². The summed E-state index contributed by atoms with van der Waals surface area (Å²) in [5.41, 5.74) is 0.819. The molecule has 0 aliphatic carbocycles. The maximum atomic E-state index is 12.5. The van der Waals surface area contributed by atoms with Gasteiger partial charge in [-0.05, 0) is 11.4 Å². The minimum absolute atomic E-state index is 0.202. The molecule has 0 unspecified atom stereocenters. The van der Waals surface area contributed by atoms with Crippen LogP contribution in [0, 0.1) is 0 Å². The number of thiophene rings is 1. The van der Waals surface area contributed by atoms with Crippen molar-refractivity contribution in [3.05, 3.63) is 33.7 Å². The summed E-state index contributed by atoms with van der Waals surface area (Å²) < 4.78 is 5.40. The van der Waals surface area contributed by atoms with Crippen molar-refractivity contribution in [2.45, 2.75) is 6.54 Å². The van der Waals surface area contributed by atoms with Crippen molar-refractivity contribution in [2.75, 3.05) is 50.2 Å². The fourth-order valence-electron chi connectivity index (χ4n) is 2.73. The second-order valence-electron chi connectivity index (χ2n) is 6.54. The lowest BCUT2D eigenvalue weighted by Gasteiger charge is -2.27. The molecule has 29 heavy (non-hydrogen) atoms. The highest BCUT2D eigenvalue weighted by Gasteiger charge is 2.18. The summed E-state index contributed by atoms with van der Waals surface area (Å²) in [6.45, 7) is 2.95. The number of hydrogen-bond acceptors (Lipinski definition) is 10. The normalized spacial score (nSPS) is 14.1. The Morgan fingerprint density at radius 1 is 1.21 bits per heavy atom. The number of nitrogens with one attached hydrogen (secondary N) is 1. The zero-order valence-corrected chi connectivity index (χ0v) is 17.8. The van der Waals surface area contributed by atoms with Crippen molar-refractivity contribution in [1.82, 2.24) is 25.3 Å². The Morgan fingerprint density at radius 2 is 2.03 bits per heavy atom. The largest absolute Gasteiger partial charge is 0.378 e. The molecule has 0 spiro atoms. The summed E-state index contributed by atoms with van der Waals surface area (Å²) in [7, 11) is 3.75. The molecule has 11 heteroatoms. The first kappa shape index (κ1) is 19.7. The van der Waals surface area contributed by atoms with Gasteiger partial charge in [-0.2, -0.15) is 15.0 Å². The molecule has 1 amide bonds. The first-order valence-corrected chi connectivity index (χ1v) is 10.9. The smallest absolute Gasteiger partial charge is 0.280 e. The fourth-order valence-corrected chi connectivity index (χ4v) is 4.22. The number of morpholine rings is 1. The molecular formula is C18H21N7O2S2. The number of anilines is 2. The second-order valence-corrected chi connectivity index (χ2v) is 8.35. The van der Waals surface area contributed by atoms with E-state index in [-0.39, 0.29) is 12.5 Å². The van der Waals surface area contributed by atoms with Gasteiger partial charge in [0.05, 0.1) is 30.3 Å². The van der Waals surface area contributed by atoms with Crippen LogP contribution in [0.1, 0.15) is 15.6 Å². The van der Waals surface area contributed by atoms with Gasteiger partial charge >= 0.3 is 0 Å². The predicted molar refractivity (Wildman–Crippen MR) is 114 cm³/mol. The van der Waals surface area contributed by atoms with Crippen LogP contribution in [0.5, 0.6) is 0 Å². The molecule has 9 nitrogen and oxygen atoms in total. The van der Waals surface area contributed by atoms with Gasteiger partial charge in [0.2, 0.25) is 11.9 Å². The van der Waals surface area contributed by atoms with Crippen molar-refractivity contribution < 1.29 is 9.53 Å². The van der Waals surface area contributed by atoms with Crippen molar-refractivity contribution in [1.29, 1.82) is 0 Å². The molecule has 1 aliphatic heterocycles. The Hall–Kier alpha value is -2.63. The number of rotatable bonds is 6. The Morgan fingerprint density at radius 3 is 2.76 bits per heavy atom. The van der Waals surface area contributed by atoms with Crippen LogP contribution in [0.25, 0.3) is 10.6 Å². The van der Waals surface area contributed by atoms with Crippen LogP contribution in [0.4, 0.5) is 11.9 Å². The molecule has 0 saturated carbocycles. The quantitative estimate of drug-likeness (QED) is 0.632. The predicted octanol–water partition coefficient (Wildman–Crippen LogP) is 1.89. The molecule has 4 rings (SSSR count). The average Bonchev–Trinajstić information content (AvgIpc) is 3.44. The molecule has 3 aromatic rings. The number of nitrogens with zero attached hydrogens (tertiary/aromatic N) is 6. The van der Waals surface area contributed by atoms with E-state index in [0.29, 0.717) is 35.9 Å². The third-order valence-corrected chi connectivity index (χ3v) is 5.96. The Kier molecular flexibility index (Phi) is 5.97. The highest BCUT2D eigenvalue weighted by atomic mass is 32.1. The molecule has 0 atom stereocenters. The molecule has 152 valence electrons. The van der Waals surface area contributed by atoms with Crippen molar-refractivity contribution >= 4 is 40.5 Å². The van der Waals surface area contributed by atoms with E-state index >= 15 is 0 Å². The molecule has 0 radical (unpaired) electrons. The van der Waals surface area contributed by atoms with Gasteiger partial charge in [0, 0.05) is 32.6 Å². The summed E-state index contributed by atoms with van der Waals surface area (Å²) >= 11 is 2.92. The zero-order chi connectivity index (χ0) is 20.2. The van der Waals surface area contributed by atoms with Crippen molar-refractivity contribution in [2.24, 2.45) is 0 Å². The van der Waals surface area contributed by atoms with Gasteiger partial charge in [-0.3, -0.25) is 4.79 Å². The molecule has 4 heterocycles. The zero-order valence-electron chi connectivity index (χ0n) is 16.2. The van der Waals surface area contributed by atoms with Crippen LogP contribution in [0.15, 0.2) is 22.9 Å². The number of hydrogen-bond donors (Lipinski definition) is 1. The molecule has 1 N–H and O–H groups in total. The Balaban J connectivity index is 1.47. The molecule has 0 aromatic carbocycles. The topological polar surface area (TPSA) is 96.4 Å². The first-order chi connectivity index (χ1) is 14.1. The molecule has 1 aliphatic rings. The third kappa shape index (κ3) is 4.69. The summed E-state index contributed by atoms with van der Waals surface area (Å²) in [5.74, 6) is 1.43. The molecule has 3 aromatic heterocycles. The van der Waals surface area contributed by atoms with Gasteiger partial charge in [0.15, 0.2) is 10.8 Å². The number of carbonyl (C=O) groups excluding carboxylic acids is 1. The van der Waals surface area contributed by atoms with E-state index in [2.05, 4.69) is 30.2 Å². The number of carbonyl (C=O) groups is 1. The number of amides is 1.